The first-order valence-corrected chi connectivity index (χ1v) is 10.7. The van der Waals surface area contributed by atoms with Gasteiger partial charge in [-0.3, -0.25) is 9.69 Å². The van der Waals surface area contributed by atoms with Crippen LogP contribution in [0.2, 0.25) is 0 Å². The Balaban J connectivity index is 0.00000420. The lowest BCUT2D eigenvalue weighted by Gasteiger charge is -2.36. The van der Waals surface area contributed by atoms with E-state index >= 15 is 0 Å². The molecule has 5 nitrogen and oxygen atoms in total. The summed E-state index contributed by atoms with van der Waals surface area (Å²) in [6.45, 7) is 9.19. The number of carboxylic acid groups (broad SMARTS) is 1. The van der Waals surface area contributed by atoms with Crippen LogP contribution in [0.4, 0.5) is 0 Å². The summed E-state index contributed by atoms with van der Waals surface area (Å²) in [5, 5.41) is 9.36. The van der Waals surface area contributed by atoms with Gasteiger partial charge >= 0.3 is 5.97 Å². The molecule has 1 fully saturated rings. The van der Waals surface area contributed by atoms with Crippen LogP contribution in [0.5, 0.6) is 5.75 Å². The minimum absolute atomic E-state index is 0. The van der Waals surface area contributed by atoms with Gasteiger partial charge in [0.15, 0.2) is 0 Å². The predicted octanol–water partition coefficient (Wildman–Crippen LogP) is 5.33. The first-order valence-electron chi connectivity index (χ1n) is 10.7. The highest BCUT2D eigenvalue weighted by molar-refractivity contribution is 5.85. The van der Waals surface area contributed by atoms with Gasteiger partial charge in [0.2, 0.25) is 0 Å². The highest BCUT2D eigenvalue weighted by Gasteiger charge is 2.32. The maximum absolute atomic E-state index is 11.4. The number of nitrogens with zero attached hydrogens (tertiary/aromatic N) is 1. The van der Waals surface area contributed by atoms with Gasteiger partial charge in [-0.1, -0.05) is 51.2 Å². The summed E-state index contributed by atoms with van der Waals surface area (Å²) in [5.74, 6) is 0.138. The molecule has 1 aliphatic heterocycles. The lowest BCUT2D eigenvalue weighted by Crippen LogP contribution is -2.45. The van der Waals surface area contributed by atoms with Crippen molar-refractivity contribution in [2.75, 3.05) is 32.8 Å². The molecule has 0 radical (unpaired) electrons. The minimum atomic E-state index is -0.762. The standard InChI is InChI=1S/C23H37NO4.ClH/c1-4-5-6-7-8-9-15-27-20-12-10-19(11-13-20)21-17-24(14-16-28-21)18-23(2,3)22(25)26;/h10-13,21H,4-9,14-18H2,1-3H3,(H,25,26);1H. The molecule has 0 bridgehead atoms. The van der Waals surface area contributed by atoms with Crippen molar-refractivity contribution < 1.29 is 19.4 Å². The first kappa shape index (κ1) is 25.7. The molecule has 6 heteroatoms. The number of carboxylic acids is 1. The van der Waals surface area contributed by atoms with Gasteiger partial charge in [0.1, 0.15) is 5.75 Å². The molecule has 0 aromatic heterocycles. The van der Waals surface area contributed by atoms with Crippen LogP contribution in [0.3, 0.4) is 0 Å². The number of hydrogen-bond donors (Lipinski definition) is 1. The summed E-state index contributed by atoms with van der Waals surface area (Å²) in [4.78, 5) is 13.6. The number of aliphatic carboxylic acids is 1. The van der Waals surface area contributed by atoms with E-state index in [9.17, 15) is 9.90 Å². The minimum Gasteiger partial charge on any atom is -0.494 e. The van der Waals surface area contributed by atoms with Crippen LogP contribution in [0.15, 0.2) is 24.3 Å². The van der Waals surface area contributed by atoms with Crippen molar-refractivity contribution in [3.05, 3.63) is 29.8 Å². The molecule has 1 aromatic rings. The monoisotopic (exact) mass is 427 g/mol. The molecule has 0 saturated carbocycles. The molecule has 0 aliphatic carbocycles. The Morgan fingerprint density at radius 2 is 1.83 bits per heavy atom. The van der Waals surface area contributed by atoms with E-state index in [4.69, 9.17) is 9.47 Å². The molecule has 29 heavy (non-hydrogen) atoms. The molecule has 1 saturated heterocycles. The summed E-state index contributed by atoms with van der Waals surface area (Å²) in [6, 6.07) is 8.14. The van der Waals surface area contributed by atoms with Gasteiger partial charge < -0.3 is 14.6 Å². The first-order chi connectivity index (χ1) is 13.4. The second-order valence-electron chi connectivity index (χ2n) is 8.47. The topological polar surface area (TPSA) is 59.0 Å². The Kier molecular flexibility index (Phi) is 11.6. The number of unbranched alkanes of at least 4 members (excludes halogenated alkanes) is 5. The average Bonchev–Trinajstić information content (AvgIpc) is 2.67. The van der Waals surface area contributed by atoms with E-state index in [0.29, 0.717) is 19.7 Å². The summed E-state index contributed by atoms with van der Waals surface area (Å²) in [7, 11) is 0. The van der Waals surface area contributed by atoms with Crippen molar-refractivity contribution in [1.82, 2.24) is 4.90 Å². The summed E-state index contributed by atoms with van der Waals surface area (Å²) in [6.07, 6.45) is 7.55. The Hall–Kier alpha value is -1.30. The summed E-state index contributed by atoms with van der Waals surface area (Å²) in [5.41, 5.74) is 0.362. The highest BCUT2D eigenvalue weighted by Crippen LogP contribution is 2.27. The zero-order valence-corrected chi connectivity index (χ0v) is 19.0. The predicted molar refractivity (Wildman–Crippen MR) is 119 cm³/mol. The van der Waals surface area contributed by atoms with Crippen LogP contribution in [0.25, 0.3) is 0 Å². The molecule has 2 rings (SSSR count). The number of ether oxygens (including phenoxy) is 2. The fourth-order valence-electron chi connectivity index (χ4n) is 3.53. The lowest BCUT2D eigenvalue weighted by atomic mass is 9.92. The number of morpholine rings is 1. The van der Waals surface area contributed by atoms with Gasteiger partial charge in [-0.2, -0.15) is 0 Å². The summed E-state index contributed by atoms with van der Waals surface area (Å²) >= 11 is 0. The van der Waals surface area contributed by atoms with Gasteiger partial charge in [-0.05, 0) is 38.0 Å². The van der Waals surface area contributed by atoms with Crippen molar-refractivity contribution in [3.63, 3.8) is 0 Å². The van der Waals surface area contributed by atoms with Crippen molar-refractivity contribution in [3.8, 4) is 5.75 Å². The Labute approximate surface area is 182 Å². The van der Waals surface area contributed by atoms with Crippen molar-refractivity contribution >= 4 is 18.4 Å². The van der Waals surface area contributed by atoms with Crippen molar-refractivity contribution in [2.24, 2.45) is 5.41 Å². The fraction of sp³-hybridized carbons (Fsp3) is 0.696. The van der Waals surface area contributed by atoms with E-state index < -0.39 is 11.4 Å². The largest absolute Gasteiger partial charge is 0.494 e. The van der Waals surface area contributed by atoms with Gasteiger partial charge in [-0.15, -0.1) is 12.4 Å². The SMILES string of the molecule is CCCCCCCCOc1ccc(C2CN(CC(C)(C)C(=O)O)CCO2)cc1.Cl. The van der Waals surface area contributed by atoms with E-state index in [-0.39, 0.29) is 18.5 Å². The van der Waals surface area contributed by atoms with Crippen molar-refractivity contribution in [2.45, 2.75) is 65.4 Å². The zero-order chi connectivity index (χ0) is 20.4. The Morgan fingerprint density at radius 1 is 1.17 bits per heavy atom. The molecule has 1 heterocycles. The summed E-state index contributed by atoms with van der Waals surface area (Å²) < 4.78 is 11.8. The smallest absolute Gasteiger partial charge is 0.310 e. The third-order valence-electron chi connectivity index (χ3n) is 5.37. The third-order valence-corrected chi connectivity index (χ3v) is 5.37. The Bertz CT molecular complexity index is 591. The van der Waals surface area contributed by atoms with Gasteiger partial charge in [0.25, 0.3) is 0 Å². The number of rotatable bonds is 12. The van der Waals surface area contributed by atoms with Gasteiger partial charge in [0.05, 0.1) is 24.7 Å². The van der Waals surface area contributed by atoms with E-state index in [1.807, 2.05) is 12.1 Å². The van der Waals surface area contributed by atoms with Gasteiger partial charge in [-0.25, -0.2) is 0 Å². The number of hydrogen-bond acceptors (Lipinski definition) is 4. The molecular weight excluding hydrogens is 390 g/mol. The molecule has 0 amide bonds. The number of benzene rings is 1. The van der Waals surface area contributed by atoms with Crippen LogP contribution in [-0.4, -0.2) is 48.8 Å². The van der Waals surface area contributed by atoms with E-state index in [1.54, 1.807) is 13.8 Å². The van der Waals surface area contributed by atoms with E-state index in [0.717, 1.165) is 30.9 Å². The molecule has 0 spiro atoms. The average molecular weight is 428 g/mol. The molecule has 1 aliphatic rings. The van der Waals surface area contributed by atoms with Crippen LogP contribution in [0.1, 0.15) is 71.0 Å². The molecule has 1 aromatic carbocycles. The second-order valence-corrected chi connectivity index (χ2v) is 8.47. The van der Waals surface area contributed by atoms with Crippen LogP contribution in [0, 0.1) is 5.41 Å². The highest BCUT2D eigenvalue weighted by atomic mass is 35.5. The van der Waals surface area contributed by atoms with E-state index in [2.05, 4.69) is 24.0 Å². The molecule has 1 N–H and O–H groups in total. The third kappa shape index (κ3) is 8.93. The van der Waals surface area contributed by atoms with Crippen LogP contribution in [-0.2, 0) is 9.53 Å². The molecule has 1 unspecified atom stereocenters. The normalized spacial score (nSPS) is 17.6. The van der Waals surface area contributed by atoms with E-state index in [1.165, 1.54) is 32.1 Å². The number of carbonyl (C=O) groups is 1. The molecule has 1 atom stereocenters. The molecular formula is C23H38ClNO4. The van der Waals surface area contributed by atoms with Gasteiger partial charge in [0, 0.05) is 19.6 Å². The number of halogens is 1. The maximum atomic E-state index is 11.4. The van der Waals surface area contributed by atoms with Crippen LogP contribution < -0.4 is 4.74 Å². The quantitative estimate of drug-likeness (QED) is 0.456. The van der Waals surface area contributed by atoms with Crippen LogP contribution >= 0.6 is 12.4 Å². The zero-order valence-electron chi connectivity index (χ0n) is 18.2. The second kappa shape index (κ2) is 13.1. The molecule has 166 valence electrons. The fourth-order valence-corrected chi connectivity index (χ4v) is 3.53. The van der Waals surface area contributed by atoms with Crippen molar-refractivity contribution in [1.29, 1.82) is 0 Å². The lowest BCUT2D eigenvalue weighted by molar-refractivity contribution is -0.149. The Morgan fingerprint density at radius 3 is 2.48 bits per heavy atom. The maximum Gasteiger partial charge on any atom is 0.310 e.